The molecular weight excluding hydrogens is 360 g/mol. The summed E-state index contributed by atoms with van der Waals surface area (Å²) in [5, 5.41) is 4.58. The van der Waals surface area contributed by atoms with Crippen LogP contribution in [0.5, 0.6) is 0 Å². The van der Waals surface area contributed by atoms with Crippen molar-refractivity contribution in [3.05, 3.63) is 76.6 Å². The summed E-state index contributed by atoms with van der Waals surface area (Å²) in [5.74, 6) is -1.25. The van der Waals surface area contributed by atoms with E-state index in [1.807, 2.05) is 0 Å². The maximum Gasteiger partial charge on any atom is 0.278 e. The topological polar surface area (TPSA) is 38.1 Å². The molecule has 0 saturated carbocycles. The molecule has 0 saturated heterocycles. The minimum absolute atomic E-state index is 0.191. The second-order valence-electron chi connectivity index (χ2n) is 6.08. The van der Waals surface area contributed by atoms with Gasteiger partial charge < -0.3 is 4.90 Å². The summed E-state index contributed by atoms with van der Waals surface area (Å²) < 4.78 is 29.0. The van der Waals surface area contributed by atoms with Crippen LogP contribution in [-0.4, -0.2) is 22.2 Å². The number of rotatable bonds is 2. The number of fused-ring (bicyclic) bond motifs is 1. The Bertz CT molecular complexity index is 985. The number of aryl methyl sites for hydroxylation is 1. The first-order valence-electron chi connectivity index (χ1n) is 8.14. The third-order valence-electron chi connectivity index (χ3n) is 4.35. The quantitative estimate of drug-likeness (QED) is 0.668. The van der Waals surface area contributed by atoms with E-state index in [-0.39, 0.29) is 23.1 Å². The molecule has 3 aromatic rings. The number of carbonyl (C=O) groups is 1. The van der Waals surface area contributed by atoms with E-state index in [1.165, 1.54) is 27.8 Å². The largest absolute Gasteiger partial charge is 0.304 e. The van der Waals surface area contributed by atoms with Crippen molar-refractivity contribution < 1.29 is 13.6 Å². The molecule has 0 aliphatic carbocycles. The van der Waals surface area contributed by atoms with E-state index in [0.29, 0.717) is 29.2 Å². The molecule has 0 bridgehead atoms. The fourth-order valence-corrected chi connectivity index (χ4v) is 3.40. The molecule has 2 aromatic carbocycles. The molecule has 2 heterocycles. The van der Waals surface area contributed by atoms with Crippen LogP contribution in [0.4, 0.5) is 14.5 Å². The molecule has 4 rings (SSSR count). The van der Waals surface area contributed by atoms with Gasteiger partial charge in [0.2, 0.25) is 0 Å². The van der Waals surface area contributed by atoms with E-state index in [0.717, 1.165) is 6.42 Å². The molecule has 132 valence electrons. The van der Waals surface area contributed by atoms with Gasteiger partial charge in [0.25, 0.3) is 5.91 Å². The minimum Gasteiger partial charge on any atom is -0.304 e. The Morgan fingerprint density at radius 1 is 1.12 bits per heavy atom. The molecular formula is C19H14ClF2N3O. The van der Waals surface area contributed by atoms with Gasteiger partial charge in [0.05, 0.1) is 11.4 Å². The number of amides is 1. The van der Waals surface area contributed by atoms with Gasteiger partial charge in [-0.1, -0.05) is 11.6 Å². The van der Waals surface area contributed by atoms with Gasteiger partial charge in [0.1, 0.15) is 11.6 Å². The van der Waals surface area contributed by atoms with Crippen molar-refractivity contribution in [2.24, 2.45) is 0 Å². The first kappa shape index (κ1) is 16.7. The van der Waals surface area contributed by atoms with E-state index in [4.69, 9.17) is 11.6 Å². The summed E-state index contributed by atoms with van der Waals surface area (Å²) in [6.45, 7) is 0.411. The van der Waals surface area contributed by atoms with Crippen LogP contribution < -0.4 is 4.90 Å². The Labute approximate surface area is 153 Å². The number of hydrogen-bond acceptors (Lipinski definition) is 2. The molecule has 1 aliphatic rings. The second-order valence-corrected chi connectivity index (χ2v) is 6.51. The van der Waals surface area contributed by atoms with Crippen molar-refractivity contribution in [2.75, 3.05) is 11.4 Å². The number of hydrogen-bond donors (Lipinski definition) is 0. The number of aromatic nitrogens is 2. The number of nitrogens with zero attached hydrogens (tertiary/aromatic N) is 3. The van der Waals surface area contributed by atoms with Gasteiger partial charge in [-0.05, 0) is 60.9 Å². The standard InChI is InChI=1S/C19H14ClF2N3O/c20-13-10-12-2-1-8-24(18(12)16(22)11-13)19(26)17-7-9-25(23-17)15-5-3-14(21)4-6-15/h3-7,9-11H,1-2,8H2. The van der Waals surface area contributed by atoms with Gasteiger partial charge in [0.15, 0.2) is 5.69 Å². The number of halogens is 3. The van der Waals surface area contributed by atoms with Gasteiger partial charge >= 0.3 is 0 Å². The van der Waals surface area contributed by atoms with Crippen LogP contribution in [0.25, 0.3) is 5.69 Å². The van der Waals surface area contributed by atoms with Crippen LogP contribution in [0.1, 0.15) is 22.5 Å². The third-order valence-corrected chi connectivity index (χ3v) is 4.57. The normalized spacial score (nSPS) is 13.6. The molecule has 1 amide bonds. The van der Waals surface area contributed by atoms with E-state index in [2.05, 4.69) is 5.10 Å². The second kappa shape index (κ2) is 6.53. The van der Waals surface area contributed by atoms with E-state index in [9.17, 15) is 13.6 Å². The smallest absolute Gasteiger partial charge is 0.278 e. The lowest BCUT2D eigenvalue weighted by atomic mass is 10.0. The lowest BCUT2D eigenvalue weighted by Gasteiger charge is -2.29. The molecule has 1 aromatic heterocycles. The van der Waals surface area contributed by atoms with Gasteiger partial charge in [-0.15, -0.1) is 0 Å². The maximum absolute atomic E-state index is 14.4. The van der Waals surface area contributed by atoms with Crippen molar-refractivity contribution in [1.82, 2.24) is 9.78 Å². The van der Waals surface area contributed by atoms with Crippen LogP contribution in [0.15, 0.2) is 48.7 Å². The van der Waals surface area contributed by atoms with Gasteiger partial charge in [0, 0.05) is 17.8 Å². The zero-order valence-electron chi connectivity index (χ0n) is 13.6. The highest BCUT2D eigenvalue weighted by atomic mass is 35.5. The Hall–Kier alpha value is -2.73. The third kappa shape index (κ3) is 2.97. The Morgan fingerprint density at radius 3 is 2.65 bits per heavy atom. The van der Waals surface area contributed by atoms with Crippen molar-refractivity contribution >= 4 is 23.2 Å². The molecule has 0 unspecified atom stereocenters. The van der Waals surface area contributed by atoms with Crippen molar-refractivity contribution in [1.29, 1.82) is 0 Å². The molecule has 7 heteroatoms. The number of anilines is 1. The lowest BCUT2D eigenvalue weighted by Crippen LogP contribution is -2.36. The highest BCUT2D eigenvalue weighted by molar-refractivity contribution is 6.30. The molecule has 0 fully saturated rings. The van der Waals surface area contributed by atoms with Crippen LogP contribution in [0.3, 0.4) is 0 Å². The monoisotopic (exact) mass is 373 g/mol. The summed E-state index contributed by atoms with van der Waals surface area (Å²) in [6, 6.07) is 10.2. The van der Waals surface area contributed by atoms with Gasteiger partial charge in [-0.3, -0.25) is 4.79 Å². The highest BCUT2D eigenvalue weighted by Gasteiger charge is 2.28. The fourth-order valence-electron chi connectivity index (χ4n) is 3.17. The summed E-state index contributed by atoms with van der Waals surface area (Å²) in [6.07, 6.45) is 3.00. The van der Waals surface area contributed by atoms with Crippen molar-refractivity contribution in [3.8, 4) is 5.69 Å². The first-order chi connectivity index (χ1) is 12.5. The van der Waals surface area contributed by atoms with E-state index < -0.39 is 5.82 Å². The maximum atomic E-state index is 14.4. The summed E-state index contributed by atoms with van der Waals surface area (Å²) >= 11 is 5.92. The Morgan fingerprint density at radius 2 is 1.88 bits per heavy atom. The molecule has 1 aliphatic heterocycles. The predicted molar refractivity (Wildman–Crippen MR) is 94.9 cm³/mol. The Balaban J connectivity index is 1.67. The fraction of sp³-hybridized carbons (Fsp3) is 0.158. The van der Waals surface area contributed by atoms with E-state index >= 15 is 0 Å². The highest BCUT2D eigenvalue weighted by Crippen LogP contribution is 2.33. The Kier molecular flexibility index (Phi) is 4.20. The molecule has 4 nitrogen and oxygen atoms in total. The molecule has 0 spiro atoms. The first-order valence-corrected chi connectivity index (χ1v) is 8.52. The van der Waals surface area contributed by atoms with Crippen LogP contribution in [0, 0.1) is 11.6 Å². The zero-order chi connectivity index (χ0) is 18.3. The average molecular weight is 374 g/mol. The van der Waals surface area contributed by atoms with Crippen molar-refractivity contribution in [2.45, 2.75) is 12.8 Å². The average Bonchev–Trinajstić information content (AvgIpc) is 3.11. The van der Waals surface area contributed by atoms with Crippen molar-refractivity contribution in [3.63, 3.8) is 0 Å². The molecule has 0 N–H and O–H groups in total. The van der Waals surface area contributed by atoms with Crippen LogP contribution in [0.2, 0.25) is 5.02 Å². The van der Waals surface area contributed by atoms with Gasteiger partial charge in [-0.2, -0.15) is 5.10 Å². The SMILES string of the molecule is O=C(c1ccn(-c2ccc(F)cc2)n1)N1CCCc2cc(Cl)cc(F)c21. The predicted octanol–water partition coefficient (Wildman–Crippen LogP) is 4.40. The minimum atomic E-state index is -0.515. The van der Waals surface area contributed by atoms with Crippen LogP contribution >= 0.6 is 11.6 Å². The molecule has 0 radical (unpaired) electrons. The number of benzene rings is 2. The molecule has 26 heavy (non-hydrogen) atoms. The lowest BCUT2D eigenvalue weighted by molar-refractivity contribution is 0.0979. The van der Waals surface area contributed by atoms with E-state index in [1.54, 1.807) is 30.5 Å². The molecule has 0 atom stereocenters. The van der Waals surface area contributed by atoms with Crippen LogP contribution in [-0.2, 0) is 6.42 Å². The number of carbonyl (C=O) groups excluding carboxylic acids is 1. The zero-order valence-corrected chi connectivity index (χ0v) is 14.4. The summed E-state index contributed by atoms with van der Waals surface area (Å²) in [4.78, 5) is 14.3. The van der Waals surface area contributed by atoms with Gasteiger partial charge in [-0.25, -0.2) is 13.5 Å². The summed E-state index contributed by atoms with van der Waals surface area (Å²) in [5.41, 5.74) is 1.80. The summed E-state index contributed by atoms with van der Waals surface area (Å²) in [7, 11) is 0.